The number of urea groups is 1. The minimum Gasteiger partial charge on any atom is -0.372 e. The first kappa shape index (κ1) is 42.6. The van der Waals surface area contributed by atoms with Gasteiger partial charge < -0.3 is 24.6 Å². The minimum atomic E-state index is -0.432. The summed E-state index contributed by atoms with van der Waals surface area (Å²) in [5.74, 6) is 0.0830. The van der Waals surface area contributed by atoms with E-state index in [9.17, 15) is 14.4 Å². The van der Waals surface area contributed by atoms with E-state index in [1.165, 1.54) is 6.33 Å². The molecule has 15 nitrogen and oxygen atoms in total. The second-order valence-corrected chi connectivity index (χ2v) is 18.3. The highest BCUT2D eigenvalue weighted by Gasteiger charge is 2.28. The molecular weight excluding hydrogens is 814 g/mol. The van der Waals surface area contributed by atoms with E-state index in [1.54, 1.807) is 11.0 Å². The number of rotatable bonds is 10. The lowest BCUT2D eigenvalue weighted by atomic mass is 9.95. The van der Waals surface area contributed by atoms with E-state index in [4.69, 9.17) is 4.52 Å². The van der Waals surface area contributed by atoms with Crippen LogP contribution in [0.25, 0.3) is 33.5 Å². The number of nitrogens with one attached hydrogen (secondary N) is 3. The number of aromatic amines is 1. The first-order valence-corrected chi connectivity index (χ1v) is 22.1. The molecule has 3 fully saturated rings. The number of piperazine rings is 1. The highest BCUT2D eigenvalue weighted by Crippen LogP contribution is 2.34. The number of nitrogens with zero attached hydrogens (tertiary/aromatic N) is 8. The number of imide groups is 1. The molecule has 3 N–H and O–H groups in total. The first-order valence-electron chi connectivity index (χ1n) is 22.1. The summed E-state index contributed by atoms with van der Waals surface area (Å²) in [5.41, 5.74) is 7.90. The van der Waals surface area contributed by atoms with Gasteiger partial charge in [-0.1, -0.05) is 44.1 Å². The van der Waals surface area contributed by atoms with Crippen LogP contribution in [0, 0.1) is 18.7 Å². The molecule has 332 valence electrons. The Morgan fingerprint density at radius 3 is 2.31 bits per heavy atom. The fourth-order valence-corrected chi connectivity index (χ4v) is 9.09. The van der Waals surface area contributed by atoms with Gasteiger partial charge in [-0.05, 0) is 92.3 Å². The summed E-state index contributed by atoms with van der Waals surface area (Å²) in [7, 11) is 0. The van der Waals surface area contributed by atoms with Crippen LogP contribution in [0.1, 0.15) is 80.6 Å². The lowest BCUT2D eigenvalue weighted by Gasteiger charge is -2.40. The Kier molecular flexibility index (Phi) is 11.6. The van der Waals surface area contributed by atoms with Crippen LogP contribution in [0.5, 0.6) is 0 Å². The zero-order chi connectivity index (χ0) is 44.7. The molecule has 6 heterocycles. The highest BCUT2D eigenvalue weighted by molar-refractivity contribution is 6.05. The molecule has 0 radical (unpaired) electrons. The fraction of sp³-hybridized carbons (Fsp3) is 0.396. The molecule has 4 amide bonds. The molecule has 0 aliphatic carbocycles. The maximum absolute atomic E-state index is 15.9. The summed E-state index contributed by atoms with van der Waals surface area (Å²) in [6.45, 7) is 16.4. The number of H-pyrrole nitrogens is 1. The lowest BCUT2D eigenvalue weighted by molar-refractivity contribution is -0.120. The third kappa shape index (κ3) is 8.91. The Labute approximate surface area is 371 Å². The third-order valence-electron chi connectivity index (χ3n) is 12.8. The van der Waals surface area contributed by atoms with Crippen molar-refractivity contribution in [2.24, 2.45) is 5.92 Å². The van der Waals surface area contributed by atoms with Gasteiger partial charge in [-0.25, -0.2) is 19.2 Å². The number of amides is 4. The molecule has 0 saturated carbocycles. The molecule has 0 spiro atoms. The predicted octanol–water partition coefficient (Wildman–Crippen LogP) is 7.40. The Morgan fingerprint density at radius 2 is 1.62 bits per heavy atom. The maximum atomic E-state index is 15.9. The van der Waals surface area contributed by atoms with Gasteiger partial charge in [0.1, 0.15) is 17.8 Å². The molecule has 3 aliphatic rings. The Bertz CT molecular complexity index is 2690. The molecule has 6 aromatic rings. The van der Waals surface area contributed by atoms with Crippen molar-refractivity contribution in [2.45, 2.75) is 65.3 Å². The summed E-state index contributed by atoms with van der Waals surface area (Å²) in [4.78, 5) is 62.2. The quantitative estimate of drug-likeness (QED) is 0.126. The smallest absolute Gasteiger partial charge is 0.328 e. The number of hydrogen-bond donors (Lipinski definition) is 3. The number of halogens is 1. The van der Waals surface area contributed by atoms with Crippen LogP contribution in [0.4, 0.5) is 26.2 Å². The van der Waals surface area contributed by atoms with Crippen molar-refractivity contribution in [3.63, 3.8) is 0 Å². The third-order valence-corrected chi connectivity index (χ3v) is 12.8. The van der Waals surface area contributed by atoms with Crippen molar-refractivity contribution in [3.05, 3.63) is 102 Å². The van der Waals surface area contributed by atoms with Crippen molar-refractivity contribution >= 4 is 45.9 Å². The SMILES string of the molecule is Cc1cc(-c2ncnc3[nH]c(-c4ccc(N5CCN(CC6CCN(c7ccc(N8CCC(=O)NC8=O)cc7)CC6)CC5)c(F)c4)cc23)ccc1[C@@H](C)NC(=O)c1nc(C(C)(C)C)no1. The number of hydrogen-bond acceptors (Lipinski definition) is 11. The van der Waals surface area contributed by atoms with Gasteiger partial charge in [-0.15, -0.1) is 0 Å². The van der Waals surface area contributed by atoms with E-state index in [-0.39, 0.29) is 35.1 Å². The van der Waals surface area contributed by atoms with Crippen LogP contribution in [0.2, 0.25) is 0 Å². The van der Waals surface area contributed by atoms with E-state index in [1.807, 2.05) is 83.1 Å². The monoisotopic (exact) mass is 867 g/mol. The van der Waals surface area contributed by atoms with Crippen LogP contribution in [0.3, 0.4) is 0 Å². The lowest BCUT2D eigenvalue weighted by Crippen LogP contribution is -2.49. The van der Waals surface area contributed by atoms with Crippen molar-refractivity contribution in [3.8, 4) is 22.5 Å². The molecule has 9 rings (SSSR count). The second kappa shape index (κ2) is 17.5. The van der Waals surface area contributed by atoms with Crippen molar-refractivity contribution in [1.82, 2.24) is 40.6 Å². The van der Waals surface area contributed by atoms with Gasteiger partial charge in [-0.2, -0.15) is 4.98 Å². The van der Waals surface area contributed by atoms with Gasteiger partial charge >= 0.3 is 17.8 Å². The van der Waals surface area contributed by atoms with E-state index in [2.05, 4.69) is 62.6 Å². The molecule has 3 aromatic heterocycles. The summed E-state index contributed by atoms with van der Waals surface area (Å²) >= 11 is 0. The van der Waals surface area contributed by atoms with Crippen LogP contribution >= 0.6 is 0 Å². The van der Waals surface area contributed by atoms with Crippen LogP contribution in [-0.4, -0.2) is 100 Å². The van der Waals surface area contributed by atoms with E-state index in [0.29, 0.717) is 36.0 Å². The first-order chi connectivity index (χ1) is 30.8. The van der Waals surface area contributed by atoms with Crippen LogP contribution in [0.15, 0.2) is 77.6 Å². The standard InChI is InChI=1S/C48H54FN11O4/c1-29-24-33(6-12-36(29)30(2)52-44(62)45-55-46(56-64-45)48(3,4)5)42-37-26-39(53-43(37)51-28-50-42)32-7-13-40(38(49)25-32)59-22-20-57(21-23-59)27-31-14-17-58(18-15-31)34-8-10-35(11-9-34)60-19-16-41(61)54-47(60)63/h6-13,24-26,28,30-31H,14-23,27H2,1-5H3,(H,52,62)(H,50,51,53)(H,54,61,63)/t30-/m1/s1. The topological polar surface area (TPSA) is 169 Å². The van der Waals surface area contributed by atoms with Gasteiger partial charge in [0.15, 0.2) is 5.82 Å². The molecule has 0 unspecified atom stereocenters. The van der Waals surface area contributed by atoms with E-state index < -0.39 is 5.91 Å². The fourth-order valence-electron chi connectivity index (χ4n) is 9.09. The Hall–Kier alpha value is -6.68. The highest BCUT2D eigenvalue weighted by atomic mass is 19.1. The van der Waals surface area contributed by atoms with Gasteiger partial charge in [0.2, 0.25) is 5.91 Å². The number of aromatic nitrogens is 5. The number of benzene rings is 3. The molecule has 1 atom stereocenters. The van der Waals surface area contributed by atoms with Gasteiger partial charge in [0, 0.05) is 97.8 Å². The molecular formula is C48H54FN11O4. The molecule has 16 heteroatoms. The summed E-state index contributed by atoms with van der Waals surface area (Å²) in [6, 6.07) is 20.8. The van der Waals surface area contributed by atoms with Crippen molar-refractivity contribution < 1.29 is 23.3 Å². The average molecular weight is 868 g/mol. The maximum Gasteiger partial charge on any atom is 0.328 e. The Balaban J connectivity index is 0.783. The Morgan fingerprint density at radius 1 is 0.891 bits per heavy atom. The molecule has 0 bridgehead atoms. The normalized spacial score (nSPS) is 17.2. The van der Waals surface area contributed by atoms with E-state index >= 15 is 4.39 Å². The van der Waals surface area contributed by atoms with Crippen LogP contribution < -0.4 is 25.3 Å². The second-order valence-electron chi connectivity index (χ2n) is 18.3. The van der Waals surface area contributed by atoms with Gasteiger partial charge in [-0.3, -0.25) is 24.7 Å². The summed E-state index contributed by atoms with van der Waals surface area (Å²) in [6.07, 6.45) is 4.04. The van der Waals surface area contributed by atoms with Crippen LogP contribution in [-0.2, 0) is 10.2 Å². The molecule has 64 heavy (non-hydrogen) atoms. The zero-order valence-electron chi connectivity index (χ0n) is 36.9. The number of carbonyl (C=O) groups excluding carboxylic acids is 3. The van der Waals surface area contributed by atoms with Gasteiger partial charge in [0.25, 0.3) is 0 Å². The number of piperidine rings is 1. The number of anilines is 3. The number of carbonyl (C=O) groups is 3. The molecule has 3 aromatic carbocycles. The molecule has 3 saturated heterocycles. The van der Waals surface area contributed by atoms with E-state index in [0.717, 1.165) is 109 Å². The number of fused-ring (bicyclic) bond motifs is 1. The van der Waals surface area contributed by atoms with Gasteiger partial charge in [0.05, 0.1) is 17.4 Å². The minimum absolute atomic E-state index is 0.0687. The van der Waals surface area contributed by atoms with Crippen molar-refractivity contribution in [1.29, 1.82) is 0 Å². The average Bonchev–Trinajstić information content (AvgIpc) is 3.97. The largest absolute Gasteiger partial charge is 0.372 e. The predicted molar refractivity (Wildman–Crippen MR) is 244 cm³/mol. The zero-order valence-corrected chi connectivity index (χ0v) is 36.9. The summed E-state index contributed by atoms with van der Waals surface area (Å²) < 4.78 is 21.2. The van der Waals surface area contributed by atoms with Crippen molar-refractivity contribution in [2.75, 3.05) is 67.1 Å². The summed E-state index contributed by atoms with van der Waals surface area (Å²) in [5, 5.41) is 10.1. The number of aryl methyl sites for hydroxylation is 1. The molecule has 3 aliphatic heterocycles.